The summed E-state index contributed by atoms with van der Waals surface area (Å²) in [5.74, 6) is 0.750. The number of nitrogens with one attached hydrogen (secondary N) is 1. The molecule has 2 aromatic heterocycles. The van der Waals surface area contributed by atoms with Crippen molar-refractivity contribution in [3.05, 3.63) is 11.5 Å². The second-order valence-electron chi connectivity index (χ2n) is 6.68. The van der Waals surface area contributed by atoms with E-state index in [2.05, 4.69) is 25.3 Å². The number of anilines is 1. The minimum absolute atomic E-state index is 0.264. The number of hydrogen-bond acceptors (Lipinski definition) is 6. The third kappa shape index (κ3) is 3.34. The second-order valence-corrected chi connectivity index (χ2v) is 7.01. The van der Waals surface area contributed by atoms with E-state index in [1.807, 2.05) is 13.2 Å². The third-order valence-corrected chi connectivity index (χ3v) is 5.22. The lowest BCUT2D eigenvalue weighted by Gasteiger charge is -2.39. The van der Waals surface area contributed by atoms with Gasteiger partial charge >= 0.3 is 0 Å². The standard InChI is InChI=1S/C16H23ClN6O/c1-22-10-13-14(21-22)15(20-16(17)19-13)18-11-2-4-12(5-3-11)23-6-8-24-9-7-23/h10-12H,2-9H2,1H3,(H,18,19,20)/t11-,12-. The molecule has 2 aliphatic rings. The van der Waals surface area contributed by atoms with Crippen LogP contribution in [0.25, 0.3) is 11.0 Å². The van der Waals surface area contributed by atoms with E-state index >= 15 is 0 Å². The summed E-state index contributed by atoms with van der Waals surface area (Å²) < 4.78 is 7.20. The van der Waals surface area contributed by atoms with E-state index in [0.29, 0.717) is 12.1 Å². The molecule has 7 nitrogen and oxygen atoms in total. The maximum absolute atomic E-state index is 6.06. The van der Waals surface area contributed by atoms with Gasteiger partial charge < -0.3 is 10.1 Å². The highest BCUT2D eigenvalue weighted by Gasteiger charge is 2.27. The Bertz CT molecular complexity index is 706. The first-order valence-electron chi connectivity index (χ1n) is 8.64. The highest BCUT2D eigenvalue weighted by Crippen LogP contribution is 2.28. The molecule has 8 heteroatoms. The van der Waals surface area contributed by atoms with Crippen molar-refractivity contribution in [3.63, 3.8) is 0 Å². The van der Waals surface area contributed by atoms with Crippen LogP contribution < -0.4 is 5.32 Å². The fraction of sp³-hybridized carbons (Fsp3) is 0.688. The van der Waals surface area contributed by atoms with Gasteiger partial charge in [-0.1, -0.05) is 0 Å². The van der Waals surface area contributed by atoms with Gasteiger partial charge in [-0.3, -0.25) is 9.58 Å². The third-order valence-electron chi connectivity index (χ3n) is 5.05. The molecule has 130 valence electrons. The molecule has 2 fully saturated rings. The summed E-state index contributed by atoms with van der Waals surface area (Å²) in [5.41, 5.74) is 1.57. The fourth-order valence-electron chi connectivity index (χ4n) is 3.82. The van der Waals surface area contributed by atoms with Crippen LogP contribution in [-0.4, -0.2) is 63.0 Å². The van der Waals surface area contributed by atoms with Crippen LogP contribution in [0.2, 0.25) is 5.28 Å². The highest BCUT2D eigenvalue weighted by molar-refractivity contribution is 6.28. The van der Waals surface area contributed by atoms with Crippen LogP contribution in [0.1, 0.15) is 25.7 Å². The Morgan fingerprint density at radius 3 is 2.67 bits per heavy atom. The number of fused-ring (bicyclic) bond motifs is 1. The minimum atomic E-state index is 0.264. The van der Waals surface area contributed by atoms with Gasteiger partial charge in [-0.25, -0.2) is 4.98 Å². The van der Waals surface area contributed by atoms with Gasteiger partial charge in [-0.05, 0) is 37.3 Å². The normalized spacial score (nSPS) is 25.9. The van der Waals surface area contributed by atoms with E-state index < -0.39 is 0 Å². The Morgan fingerprint density at radius 2 is 1.92 bits per heavy atom. The van der Waals surface area contributed by atoms with Crippen molar-refractivity contribution < 1.29 is 4.74 Å². The smallest absolute Gasteiger partial charge is 0.225 e. The molecule has 0 radical (unpaired) electrons. The number of hydrogen-bond donors (Lipinski definition) is 1. The molecule has 3 heterocycles. The largest absolute Gasteiger partial charge is 0.379 e. The van der Waals surface area contributed by atoms with Gasteiger partial charge in [-0.15, -0.1) is 0 Å². The average molecular weight is 351 g/mol. The SMILES string of the molecule is Cn1cc2nc(Cl)nc(N[C@H]3CC[C@H](N4CCOCC4)CC3)c2n1. The van der Waals surface area contributed by atoms with E-state index in [4.69, 9.17) is 16.3 Å². The molecular formula is C16H23ClN6O. The van der Waals surface area contributed by atoms with E-state index in [0.717, 1.165) is 56.0 Å². The van der Waals surface area contributed by atoms with E-state index in [1.54, 1.807) is 4.68 Å². The Labute approximate surface area is 146 Å². The maximum Gasteiger partial charge on any atom is 0.225 e. The second kappa shape index (κ2) is 6.82. The summed E-state index contributed by atoms with van der Waals surface area (Å²) >= 11 is 6.06. The van der Waals surface area contributed by atoms with E-state index in [-0.39, 0.29) is 5.28 Å². The van der Waals surface area contributed by atoms with E-state index in [9.17, 15) is 0 Å². The quantitative estimate of drug-likeness (QED) is 0.855. The molecule has 0 atom stereocenters. The van der Waals surface area contributed by atoms with Gasteiger partial charge in [0.25, 0.3) is 0 Å². The summed E-state index contributed by atoms with van der Waals surface area (Å²) in [7, 11) is 1.88. The van der Waals surface area contributed by atoms with Crippen LogP contribution in [0.15, 0.2) is 6.20 Å². The molecular weight excluding hydrogens is 328 g/mol. The number of aryl methyl sites for hydroxylation is 1. The Kier molecular flexibility index (Phi) is 4.56. The number of halogens is 1. The van der Waals surface area contributed by atoms with Gasteiger partial charge in [-0.2, -0.15) is 10.1 Å². The summed E-state index contributed by atoms with van der Waals surface area (Å²) in [5, 5.41) is 8.27. The lowest BCUT2D eigenvalue weighted by Crippen LogP contribution is -2.46. The van der Waals surface area contributed by atoms with Crippen molar-refractivity contribution in [1.82, 2.24) is 24.6 Å². The van der Waals surface area contributed by atoms with Crippen LogP contribution in [0.5, 0.6) is 0 Å². The minimum Gasteiger partial charge on any atom is -0.379 e. The number of rotatable bonds is 3. The van der Waals surface area contributed by atoms with Gasteiger partial charge in [0.15, 0.2) is 11.3 Å². The maximum atomic E-state index is 6.06. The Morgan fingerprint density at radius 1 is 1.17 bits per heavy atom. The molecule has 0 aromatic carbocycles. The molecule has 1 aliphatic carbocycles. The van der Waals surface area contributed by atoms with Crippen molar-refractivity contribution in [2.75, 3.05) is 31.6 Å². The number of nitrogens with zero attached hydrogens (tertiary/aromatic N) is 5. The number of aromatic nitrogens is 4. The van der Waals surface area contributed by atoms with Crippen molar-refractivity contribution in [1.29, 1.82) is 0 Å². The van der Waals surface area contributed by atoms with Gasteiger partial charge in [0, 0.05) is 32.2 Å². The zero-order valence-electron chi connectivity index (χ0n) is 13.9. The van der Waals surface area contributed by atoms with Crippen LogP contribution in [0, 0.1) is 0 Å². The van der Waals surface area contributed by atoms with Crippen LogP contribution >= 0.6 is 11.6 Å². The first-order valence-corrected chi connectivity index (χ1v) is 9.02. The molecule has 0 unspecified atom stereocenters. The van der Waals surface area contributed by atoms with Crippen LogP contribution in [0.4, 0.5) is 5.82 Å². The molecule has 24 heavy (non-hydrogen) atoms. The zero-order valence-corrected chi connectivity index (χ0v) is 14.7. The molecule has 1 saturated carbocycles. The number of ether oxygens (including phenoxy) is 1. The highest BCUT2D eigenvalue weighted by atomic mass is 35.5. The molecule has 4 rings (SSSR count). The first kappa shape index (κ1) is 16.1. The molecule has 1 aliphatic heterocycles. The topological polar surface area (TPSA) is 68.1 Å². The monoisotopic (exact) mass is 350 g/mol. The molecule has 0 spiro atoms. The van der Waals surface area contributed by atoms with Crippen molar-refractivity contribution in [2.45, 2.75) is 37.8 Å². The molecule has 0 bridgehead atoms. The predicted molar refractivity (Wildman–Crippen MR) is 93.4 cm³/mol. The predicted octanol–water partition coefficient (Wildman–Crippen LogP) is 2.07. The van der Waals surface area contributed by atoms with Gasteiger partial charge in [0.05, 0.1) is 19.4 Å². The van der Waals surface area contributed by atoms with Crippen LogP contribution in [0.3, 0.4) is 0 Å². The first-order chi connectivity index (χ1) is 11.7. The van der Waals surface area contributed by atoms with Crippen LogP contribution in [-0.2, 0) is 11.8 Å². The Hall–Kier alpha value is -1.44. The summed E-state index contributed by atoms with van der Waals surface area (Å²) in [6, 6.07) is 1.11. The lowest BCUT2D eigenvalue weighted by molar-refractivity contribution is 0.00791. The summed E-state index contributed by atoms with van der Waals surface area (Å²) in [4.78, 5) is 11.2. The van der Waals surface area contributed by atoms with Crippen molar-refractivity contribution in [3.8, 4) is 0 Å². The fourth-order valence-corrected chi connectivity index (χ4v) is 3.99. The van der Waals surface area contributed by atoms with Crippen molar-refractivity contribution >= 4 is 28.5 Å². The lowest BCUT2D eigenvalue weighted by atomic mass is 9.90. The van der Waals surface area contributed by atoms with E-state index in [1.165, 1.54) is 12.8 Å². The number of morpholine rings is 1. The van der Waals surface area contributed by atoms with Crippen molar-refractivity contribution in [2.24, 2.45) is 7.05 Å². The van der Waals surface area contributed by atoms with Gasteiger partial charge in [0.2, 0.25) is 5.28 Å². The summed E-state index contributed by atoms with van der Waals surface area (Å²) in [6.07, 6.45) is 6.56. The molecule has 1 saturated heterocycles. The van der Waals surface area contributed by atoms with Gasteiger partial charge in [0.1, 0.15) is 5.52 Å². The molecule has 0 amide bonds. The average Bonchev–Trinajstić information content (AvgIpc) is 2.97. The molecule has 2 aromatic rings. The summed E-state index contributed by atoms with van der Waals surface area (Å²) in [6.45, 7) is 3.88. The zero-order chi connectivity index (χ0) is 16.5. The molecule has 1 N–H and O–H groups in total. The Balaban J connectivity index is 1.42.